The van der Waals surface area contributed by atoms with E-state index >= 15 is 0 Å². The largest absolute Gasteiger partial charge is 0.369 e. The maximum atomic E-state index is 5.98. The number of halogens is 1. The Kier molecular flexibility index (Phi) is 3.95. The summed E-state index contributed by atoms with van der Waals surface area (Å²) in [5, 5.41) is 0. The number of hydrogen-bond acceptors (Lipinski definition) is 2. The van der Waals surface area contributed by atoms with Crippen LogP contribution in [0.15, 0.2) is 23.2 Å². The molecule has 3 N–H and O–H groups in total. The molecule has 1 saturated heterocycles. The van der Waals surface area contributed by atoms with Gasteiger partial charge in [0, 0.05) is 13.1 Å². The molecule has 6 heteroatoms. The van der Waals surface area contributed by atoms with E-state index in [9.17, 15) is 0 Å². The fourth-order valence-electron chi connectivity index (χ4n) is 2.29. The Hall–Kier alpha value is -1.75. The first-order valence-electron chi connectivity index (χ1n) is 6.28. The van der Waals surface area contributed by atoms with Gasteiger partial charge in [0.05, 0.1) is 11.0 Å². The van der Waals surface area contributed by atoms with Gasteiger partial charge in [0.1, 0.15) is 0 Å². The van der Waals surface area contributed by atoms with Crippen molar-refractivity contribution in [2.24, 2.45) is 10.7 Å². The van der Waals surface area contributed by atoms with Crippen LogP contribution in [0.1, 0.15) is 18.4 Å². The number of rotatable bonds is 1. The fraction of sp³-hybridized carbons (Fsp3) is 0.385. The molecule has 1 aliphatic heterocycles. The molecule has 3 rings (SSSR count). The number of hydrogen-bond donors (Lipinski definition) is 2. The first kappa shape index (κ1) is 13.7. The maximum Gasteiger partial charge on any atom is 0.231 e. The van der Waals surface area contributed by atoms with E-state index in [2.05, 4.69) is 32.9 Å². The zero-order chi connectivity index (χ0) is 12.5. The van der Waals surface area contributed by atoms with Crippen LogP contribution in [0.25, 0.3) is 11.0 Å². The highest BCUT2D eigenvalue weighted by Gasteiger charge is 2.14. The number of nitrogens with zero attached hydrogens (tertiary/aromatic N) is 3. The van der Waals surface area contributed by atoms with Crippen molar-refractivity contribution in [2.75, 3.05) is 13.1 Å². The van der Waals surface area contributed by atoms with Gasteiger partial charge in [-0.15, -0.1) is 12.4 Å². The van der Waals surface area contributed by atoms with Gasteiger partial charge >= 0.3 is 0 Å². The van der Waals surface area contributed by atoms with Gasteiger partial charge in [-0.25, -0.2) is 4.98 Å². The zero-order valence-corrected chi connectivity index (χ0v) is 11.7. The van der Waals surface area contributed by atoms with E-state index in [1.807, 2.05) is 12.1 Å². The van der Waals surface area contributed by atoms with Gasteiger partial charge in [-0.1, -0.05) is 6.07 Å². The third kappa shape index (κ3) is 2.81. The van der Waals surface area contributed by atoms with Gasteiger partial charge in [0.15, 0.2) is 5.96 Å². The molecule has 1 aromatic carbocycles. The van der Waals surface area contributed by atoms with E-state index in [-0.39, 0.29) is 12.4 Å². The molecule has 102 valence electrons. The second-order valence-electron chi connectivity index (χ2n) is 4.75. The minimum atomic E-state index is 0. The molecule has 1 aromatic heterocycles. The smallest absolute Gasteiger partial charge is 0.231 e. The van der Waals surface area contributed by atoms with Crippen LogP contribution in [0.2, 0.25) is 0 Å². The molecular formula is C13H18ClN5. The van der Waals surface area contributed by atoms with Crippen LogP contribution in [0.3, 0.4) is 0 Å². The molecule has 19 heavy (non-hydrogen) atoms. The average Bonchev–Trinajstić information content (AvgIpc) is 2.95. The van der Waals surface area contributed by atoms with Crippen molar-refractivity contribution in [3.63, 3.8) is 0 Å². The van der Waals surface area contributed by atoms with Crippen LogP contribution in [0.4, 0.5) is 5.95 Å². The van der Waals surface area contributed by atoms with Crippen molar-refractivity contribution in [3.05, 3.63) is 23.8 Å². The van der Waals surface area contributed by atoms with Crippen LogP contribution < -0.4 is 5.73 Å². The lowest BCUT2D eigenvalue weighted by atomic mass is 10.2. The second-order valence-corrected chi connectivity index (χ2v) is 4.75. The Balaban J connectivity index is 0.00000133. The summed E-state index contributed by atoms with van der Waals surface area (Å²) >= 11 is 0. The van der Waals surface area contributed by atoms with Crippen molar-refractivity contribution in [2.45, 2.75) is 19.8 Å². The molecule has 0 bridgehead atoms. The normalized spacial score (nSPS) is 15.8. The van der Waals surface area contributed by atoms with Gasteiger partial charge < -0.3 is 15.6 Å². The van der Waals surface area contributed by atoms with Crippen LogP contribution in [-0.2, 0) is 0 Å². The molecule has 0 spiro atoms. The number of benzene rings is 1. The number of imidazole rings is 1. The number of aromatic nitrogens is 2. The number of aromatic amines is 1. The molecule has 0 saturated carbocycles. The Morgan fingerprint density at radius 3 is 2.84 bits per heavy atom. The highest BCUT2D eigenvalue weighted by atomic mass is 35.5. The minimum Gasteiger partial charge on any atom is -0.369 e. The Morgan fingerprint density at radius 1 is 1.37 bits per heavy atom. The zero-order valence-electron chi connectivity index (χ0n) is 10.9. The van der Waals surface area contributed by atoms with Crippen molar-refractivity contribution in [1.82, 2.24) is 14.9 Å². The predicted molar refractivity (Wildman–Crippen MR) is 80.2 cm³/mol. The molecule has 0 unspecified atom stereocenters. The van der Waals surface area contributed by atoms with Crippen LogP contribution in [0.5, 0.6) is 0 Å². The summed E-state index contributed by atoms with van der Waals surface area (Å²) in [5.41, 5.74) is 9.11. The molecule has 2 heterocycles. The van der Waals surface area contributed by atoms with E-state index in [1.54, 1.807) is 0 Å². The number of nitrogens with one attached hydrogen (secondary N) is 1. The average molecular weight is 280 g/mol. The summed E-state index contributed by atoms with van der Waals surface area (Å²) < 4.78 is 0. The molecule has 5 nitrogen and oxygen atoms in total. The van der Waals surface area contributed by atoms with E-state index in [1.165, 1.54) is 18.4 Å². The van der Waals surface area contributed by atoms with E-state index < -0.39 is 0 Å². The summed E-state index contributed by atoms with van der Waals surface area (Å²) in [6, 6.07) is 6.10. The predicted octanol–water partition coefficient (Wildman–Crippen LogP) is 2.34. The summed E-state index contributed by atoms with van der Waals surface area (Å²) in [6.45, 7) is 4.05. The lowest BCUT2D eigenvalue weighted by Crippen LogP contribution is -2.34. The van der Waals surface area contributed by atoms with Crippen LogP contribution in [0, 0.1) is 6.92 Å². The van der Waals surface area contributed by atoms with Gasteiger partial charge in [0.25, 0.3) is 0 Å². The van der Waals surface area contributed by atoms with E-state index in [0.29, 0.717) is 11.9 Å². The minimum absolute atomic E-state index is 0. The van der Waals surface area contributed by atoms with Crippen molar-refractivity contribution in [3.8, 4) is 0 Å². The summed E-state index contributed by atoms with van der Waals surface area (Å²) in [6.07, 6.45) is 2.38. The Morgan fingerprint density at radius 2 is 2.11 bits per heavy atom. The first-order valence-corrected chi connectivity index (χ1v) is 6.28. The number of aliphatic imine (C=N–C) groups is 1. The maximum absolute atomic E-state index is 5.98. The molecule has 1 aliphatic rings. The molecule has 1 fully saturated rings. The first-order chi connectivity index (χ1) is 8.72. The van der Waals surface area contributed by atoms with Gasteiger partial charge in [-0.3, -0.25) is 0 Å². The monoisotopic (exact) mass is 279 g/mol. The standard InChI is InChI=1S/C13H17N5.ClH/c1-9-4-5-10-11(8-9)16-13(15-10)17-12(14)18-6-2-3-7-18;/h4-5,8H,2-3,6-7H2,1H3,(H3,14,15,16,17);1H. The van der Waals surface area contributed by atoms with E-state index in [0.717, 1.165) is 24.1 Å². The van der Waals surface area contributed by atoms with Crippen LogP contribution >= 0.6 is 12.4 Å². The highest BCUT2D eigenvalue weighted by molar-refractivity contribution is 5.85. The lowest BCUT2D eigenvalue weighted by Gasteiger charge is -2.14. The summed E-state index contributed by atoms with van der Waals surface area (Å²) in [4.78, 5) is 14.1. The third-order valence-corrected chi connectivity index (χ3v) is 3.28. The number of nitrogens with two attached hydrogens (primary N) is 1. The SMILES string of the molecule is Cc1ccc2nc(/N=C(/N)N3CCCC3)[nH]c2c1.Cl. The number of fused-ring (bicyclic) bond motifs is 1. The van der Waals surface area contributed by atoms with Gasteiger partial charge in [-0.05, 0) is 37.5 Å². The number of aryl methyl sites for hydroxylation is 1. The molecule has 0 amide bonds. The van der Waals surface area contributed by atoms with Gasteiger partial charge in [0.2, 0.25) is 5.95 Å². The number of H-pyrrole nitrogens is 1. The summed E-state index contributed by atoms with van der Waals surface area (Å²) in [5.74, 6) is 1.14. The Labute approximate surface area is 118 Å². The molecule has 0 aliphatic carbocycles. The molecular weight excluding hydrogens is 262 g/mol. The summed E-state index contributed by atoms with van der Waals surface area (Å²) in [7, 11) is 0. The van der Waals surface area contributed by atoms with Gasteiger partial charge in [-0.2, -0.15) is 4.99 Å². The fourth-order valence-corrected chi connectivity index (χ4v) is 2.29. The topological polar surface area (TPSA) is 70.3 Å². The van der Waals surface area contributed by atoms with Crippen molar-refractivity contribution < 1.29 is 0 Å². The van der Waals surface area contributed by atoms with E-state index in [4.69, 9.17) is 5.73 Å². The molecule has 0 radical (unpaired) electrons. The number of likely N-dealkylation sites (tertiary alicyclic amines) is 1. The van der Waals surface area contributed by atoms with Crippen molar-refractivity contribution in [1.29, 1.82) is 0 Å². The quantitative estimate of drug-likeness (QED) is 0.622. The molecule has 0 atom stereocenters. The third-order valence-electron chi connectivity index (χ3n) is 3.28. The lowest BCUT2D eigenvalue weighted by molar-refractivity contribution is 0.513. The number of guanidine groups is 1. The Bertz CT molecular complexity index is 598. The second kappa shape index (κ2) is 5.48. The molecule has 2 aromatic rings. The van der Waals surface area contributed by atoms with Crippen LogP contribution in [-0.4, -0.2) is 33.9 Å². The highest BCUT2D eigenvalue weighted by Crippen LogP contribution is 2.18. The van der Waals surface area contributed by atoms with Crippen molar-refractivity contribution >= 4 is 35.3 Å².